The second-order valence-electron chi connectivity index (χ2n) is 3.98. The Morgan fingerprint density at radius 3 is 2.92 bits per heavy atom. The lowest BCUT2D eigenvalue weighted by Gasteiger charge is -2.27. The van der Waals surface area contributed by atoms with Gasteiger partial charge in [-0.1, -0.05) is 0 Å². The number of nitrogens with one attached hydrogen (secondary N) is 1. The molecule has 3 heteroatoms. The lowest BCUT2D eigenvalue weighted by molar-refractivity contribution is 0.221. The molecule has 1 fully saturated rings. The fourth-order valence-electron chi connectivity index (χ4n) is 1.84. The smallest absolute Gasteiger partial charge is 0.0166 e. The van der Waals surface area contributed by atoms with Gasteiger partial charge in [0, 0.05) is 30.9 Å². The van der Waals surface area contributed by atoms with Crippen LogP contribution in [0.1, 0.15) is 20.3 Å². The number of hydrogen-bond acceptors (Lipinski definition) is 3. The van der Waals surface area contributed by atoms with E-state index in [-0.39, 0.29) is 0 Å². The molecule has 2 unspecified atom stereocenters. The molecular weight excluding hydrogens is 180 g/mol. The van der Waals surface area contributed by atoms with E-state index in [2.05, 4.69) is 30.3 Å². The Balaban J connectivity index is 2.37. The molecule has 0 aliphatic carbocycles. The summed E-state index contributed by atoms with van der Waals surface area (Å²) in [6.45, 7) is 8.26. The van der Waals surface area contributed by atoms with Crippen LogP contribution in [0.4, 0.5) is 0 Å². The van der Waals surface area contributed by atoms with Gasteiger partial charge in [-0.05, 0) is 33.1 Å². The molecule has 0 aromatic carbocycles. The highest BCUT2D eigenvalue weighted by Crippen LogP contribution is 2.09. The molecule has 1 aliphatic rings. The number of nitrogens with zero attached hydrogens (tertiary/aromatic N) is 1. The Labute approximate surface area is 86.5 Å². The standard InChI is InChI=1S/C10H22N2S/c1-9-8-12(6-7-13-3)10(2)4-5-11-9/h9-11H,4-8H2,1-3H3. The SMILES string of the molecule is CSCCN1CC(C)NCCC1C. The topological polar surface area (TPSA) is 15.3 Å². The van der Waals surface area contributed by atoms with Gasteiger partial charge in [-0.15, -0.1) is 0 Å². The predicted molar refractivity (Wildman–Crippen MR) is 61.5 cm³/mol. The maximum Gasteiger partial charge on any atom is 0.0166 e. The lowest BCUT2D eigenvalue weighted by Crippen LogP contribution is -2.39. The average Bonchev–Trinajstić information content (AvgIpc) is 2.25. The van der Waals surface area contributed by atoms with Crippen LogP contribution in [0.5, 0.6) is 0 Å². The van der Waals surface area contributed by atoms with Gasteiger partial charge in [0.2, 0.25) is 0 Å². The monoisotopic (exact) mass is 202 g/mol. The first-order valence-electron chi connectivity index (χ1n) is 5.20. The Hall–Kier alpha value is 0.270. The molecule has 0 aromatic heterocycles. The van der Waals surface area contributed by atoms with Crippen molar-refractivity contribution in [2.75, 3.05) is 31.6 Å². The largest absolute Gasteiger partial charge is 0.313 e. The van der Waals surface area contributed by atoms with Gasteiger partial charge in [-0.3, -0.25) is 4.90 Å². The second kappa shape index (κ2) is 5.89. The molecule has 0 aromatic rings. The van der Waals surface area contributed by atoms with Crippen LogP contribution in [0.3, 0.4) is 0 Å². The van der Waals surface area contributed by atoms with E-state index >= 15 is 0 Å². The van der Waals surface area contributed by atoms with Crippen LogP contribution in [0, 0.1) is 0 Å². The van der Waals surface area contributed by atoms with Crippen molar-refractivity contribution in [1.82, 2.24) is 10.2 Å². The van der Waals surface area contributed by atoms with Crippen molar-refractivity contribution >= 4 is 11.8 Å². The Bertz CT molecular complexity index is 141. The quantitative estimate of drug-likeness (QED) is 0.745. The molecule has 0 bridgehead atoms. The molecule has 0 saturated carbocycles. The minimum absolute atomic E-state index is 0.659. The van der Waals surface area contributed by atoms with Crippen molar-refractivity contribution in [2.24, 2.45) is 0 Å². The molecule has 13 heavy (non-hydrogen) atoms. The van der Waals surface area contributed by atoms with E-state index in [1.165, 1.54) is 31.8 Å². The average molecular weight is 202 g/mol. The van der Waals surface area contributed by atoms with Crippen LogP contribution < -0.4 is 5.32 Å². The van der Waals surface area contributed by atoms with Gasteiger partial charge in [-0.2, -0.15) is 11.8 Å². The molecular formula is C10H22N2S. The van der Waals surface area contributed by atoms with Gasteiger partial charge in [0.05, 0.1) is 0 Å². The molecule has 78 valence electrons. The van der Waals surface area contributed by atoms with E-state index in [1.54, 1.807) is 0 Å². The minimum Gasteiger partial charge on any atom is -0.313 e. The van der Waals surface area contributed by atoms with E-state index in [0.717, 1.165) is 6.04 Å². The molecule has 1 aliphatic heterocycles. The van der Waals surface area contributed by atoms with Crippen LogP contribution >= 0.6 is 11.8 Å². The Morgan fingerprint density at radius 1 is 1.46 bits per heavy atom. The summed E-state index contributed by atoms with van der Waals surface area (Å²) in [6, 6.07) is 1.41. The summed E-state index contributed by atoms with van der Waals surface area (Å²) < 4.78 is 0. The zero-order valence-corrected chi connectivity index (χ0v) is 9.86. The maximum absolute atomic E-state index is 3.53. The number of rotatable bonds is 3. The molecule has 1 rings (SSSR count). The van der Waals surface area contributed by atoms with E-state index < -0.39 is 0 Å². The summed E-state index contributed by atoms with van der Waals surface area (Å²) in [6.07, 6.45) is 3.48. The van der Waals surface area contributed by atoms with Crippen LogP contribution in [0.2, 0.25) is 0 Å². The molecule has 0 radical (unpaired) electrons. The van der Waals surface area contributed by atoms with Crippen molar-refractivity contribution in [3.63, 3.8) is 0 Å². The van der Waals surface area contributed by atoms with Crippen LogP contribution in [0.25, 0.3) is 0 Å². The highest BCUT2D eigenvalue weighted by molar-refractivity contribution is 7.98. The Kier molecular flexibility index (Phi) is 5.14. The van der Waals surface area contributed by atoms with Crippen molar-refractivity contribution in [2.45, 2.75) is 32.4 Å². The van der Waals surface area contributed by atoms with Crippen LogP contribution in [-0.2, 0) is 0 Å². The van der Waals surface area contributed by atoms with Gasteiger partial charge in [0.15, 0.2) is 0 Å². The maximum atomic E-state index is 3.53. The first kappa shape index (κ1) is 11.3. The summed E-state index contributed by atoms with van der Waals surface area (Å²) in [5.74, 6) is 1.26. The van der Waals surface area contributed by atoms with Gasteiger partial charge >= 0.3 is 0 Å². The second-order valence-corrected chi connectivity index (χ2v) is 4.97. The summed E-state index contributed by atoms with van der Waals surface area (Å²) in [5, 5.41) is 3.53. The third-order valence-electron chi connectivity index (χ3n) is 2.77. The van der Waals surface area contributed by atoms with Crippen molar-refractivity contribution in [3.8, 4) is 0 Å². The van der Waals surface area contributed by atoms with Gasteiger partial charge in [0.25, 0.3) is 0 Å². The highest BCUT2D eigenvalue weighted by atomic mass is 32.2. The van der Waals surface area contributed by atoms with E-state index in [1.807, 2.05) is 11.8 Å². The normalized spacial score (nSPS) is 31.6. The summed E-state index contributed by atoms with van der Waals surface area (Å²) in [5.41, 5.74) is 0. The van der Waals surface area contributed by atoms with Gasteiger partial charge in [0.1, 0.15) is 0 Å². The summed E-state index contributed by atoms with van der Waals surface area (Å²) in [7, 11) is 0. The molecule has 0 amide bonds. The third kappa shape index (κ3) is 3.88. The first-order chi connectivity index (χ1) is 6.24. The molecule has 2 atom stereocenters. The van der Waals surface area contributed by atoms with E-state index in [9.17, 15) is 0 Å². The molecule has 2 nitrogen and oxygen atoms in total. The fraction of sp³-hybridized carbons (Fsp3) is 1.00. The van der Waals surface area contributed by atoms with Crippen molar-refractivity contribution in [1.29, 1.82) is 0 Å². The summed E-state index contributed by atoms with van der Waals surface area (Å²) in [4.78, 5) is 2.61. The van der Waals surface area contributed by atoms with E-state index in [0.29, 0.717) is 6.04 Å². The highest BCUT2D eigenvalue weighted by Gasteiger charge is 2.19. The molecule has 1 N–H and O–H groups in total. The predicted octanol–water partition coefficient (Wildman–Crippen LogP) is 1.42. The van der Waals surface area contributed by atoms with Crippen LogP contribution in [-0.4, -0.2) is 48.6 Å². The minimum atomic E-state index is 0.659. The van der Waals surface area contributed by atoms with Crippen molar-refractivity contribution < 1.29 is 0 Å². The molecule has 1 heterocycles. The third-order valence-corrected chi connectivity index (χ3v) is 3.36. The zero-order valence-electron chi connectivity index (χ0n) is 9.05. The zero-order chi connectivity index (χ0) is 9.68. The number of hydrogen-bond donors (Lipinski definition) is 1. The van der Waals surface area contributed by atoms with Crippen molar-refractivity contribution in [3.05, 3.63) is 0 Å². The fourth-order valence-corrected chi connectivity index (χ4v) is 2.25. The van der Waals surface area contributed by atoms with Gasteiger partial charge < -0.3 is 5.32 Å². The lowest BCUT2D eigenvalue weighted by atomic mass is 10.2. The first-order valence-corrected chi connectivity index (χ1v) is 6.59. The number of thioether (sulfide) groups is 1. The van der Waals surface area contributed by atoms with Gasteiger partial charge in [-0.25, -0.2) is 0 Å². The molecule has 0 spiro atoms. The molecule has 1 saturated heterocycles. The van der Waals surface area contributed by atoms with Crippen LogP contribution in [0.15, 0.2) is 0 Å². The summed E-state index contributed by atoms with van der Waals surface area (Å²) >= 11 is 1.94. The Morgan fingerprint density at radius 2 is 2.23 bits per heavy atom. The van der Waals surface area contributed by atoms with E-state index in [4.69, 9.17) is 0 Å².